The third-order valence-corrected chi connectivity index (χ3v) is 3.11. The first kappa shape index (κ1) is 14.0. The first-order valence-electron chi connectivity index (χ1n) is 6.30. The summed E-state index contributed by atoms with van der Waals surface area (Å²) in [4.78, 5) is 0. The molecule has 0 radical (unpaired) electrons. The van der Waals surface area contributed by atoms with E-state index in [0.717, 1.165) is 0 Å². The molecule has 19 heavy (non-hydrogen) atoms. The molecule has 1 heterocycles. The number of benzene rings is 1. The Morgan fingerprint density at radius 1 is 1.37 bits per heavy atom. The Morgan fingerprint density at radius 2 is 2.00 bits per heavy atom. The second kappa shape index (κ2) is 6.18. The van der Waals surface area contributed by atoms with Crippen LogP contribution in [0.5, 0.6) is 11.5 Å². The molecule has 1 aliphatic heterocycles. The minimum atomic E-state index is -1.07. The van der Waals surface area contributed by atoms with Gasteiger partial charge < -0.3 is 25.6 Å². The van der Waals surface area contributed by atoms with Gasteiger partial charge in [-0.2, -0.15) is 0 Å². The lowest BCUT2D eigenvalue weighted by Gasteiger charge is -2.23. The topological polar surface area (TPSA) is 76.7 Å². The van der Waals surface area contributed by atoms with Crippen molar-refractivity contribution in [2.24, 2.45) is 5.73 Å². The van der Waals surface area contributed by atoms with Crippen molar-refractivity contribution >= 4 is 0 Å². The summed E-state index contributed by atoms with van der Waals surface area (Å²) in [6.45, 7) is 1.47. The molecular formula is C13H19FN2O3. The summed E-state index contributed by atoms with van der Waals surface area (Å²) in [6, 6.07) is 2.16. The van der Waals surface area contributed by atoms with Crippen LogP contribution in [0.15, 0.2) is 12.1 Å². The molecule has 1 aliphatic rings. The van der Waals surface area contributed by atoms with Crippen LogP contribution in [0.4, 0.5) is 4.39 Å². The van der Waals surface area contributed by atoms with Gasteiger partial charge in [0.15, 0.2) is 11.5 Å². The number of rotatable bonds is 5. The van der Waals surface area contributed by atoms with Gasteiger partial charge in [-0.3, -0.25) is 0 Å². The second-order valence-electron chi connectivity index (χ2n) is 4.52. The van der Waals surface area contributed by atoms with Crippen molar-refractivity contribution in [3.8, 4) is 11.5 Å². The molecule has 0 spiro atoms. The van der Waals surface area contributed by atoms with Crippen molar-refractivity contribution in [3.63, 3.8) is 0 Å². The van der Waals surface area contributed by atoms with Crippen LogP contribution in [0.1, 0.15) is 18.1 Å². The fourth-order valence-electron chi connectivity index (χ4n) is 2.01. The number of ether oxygens (including phenoxy) is 2. The molecular weight excluding hydrogens is 251 g/mol. The maximum absolute atomic E-state index is 13.9. The van der Waals surface area contributed by atoms with Crippen LogP contribution in [-0.2, 0) is 0 Å². The largest absolute Gasteiger partial charge is 0.486 e. The van der Waals surface area contributed by atoms with Crippen molar-refractivity contribution in [3.05, 3.63) is 23.5 Å². The van der Waals surface area contributed by atoms with Crippen LogP contribution in [0.25, 0.3) is 0 Å². The predicted octanol–water partition coefficient (Wildman–Crippen LogP) is 0.567. The predicted molar refractivity (Wildman–Crippen MR) is 68.9 cm³/mol. The van der Waals surface area contributed by atoms with Crippen molar-refractivity contribution in [2.45, 2.75) is 18.6 Å². The van der Waals surface area contributed by atoms with E-state index in [2.05, 4.69) is 5.32 Å². The Labute approximate surface area is 111 Å². The lowest BCUT2D eigenvalue weighted by atomic mass is 9.99. The number of nitrogens with one attached hydrogen (secondary N) is 1. The first-order chi connectivity index (χ1) is 9.13. The number of aliphatic hydroxyl groups excluding tert-OH is 1. The molecule has 0 fully saturated rings. The van der Waals surface area contributed by atoms with E-state index in [9.17, 15) is 9.50 Å². The molecule has 4 N–H and O–H groups in total. The van der Waals surface area contributed by atoms with E-state index >= 15 is 0 Å². The number of nitrogens with two attached hydrogens (primary N) is 1. The zero-order valence-electron chi connectivity index (χ0n) is 10.9. The lowest BCUT2D eigenvalue weighted by molar-refractivity contribution is 0.135. The Morgan fingerprint density at radius 3 is 2.63 bits per heavy atom. The van der Waals surface area contributed by atoms with Gasteiger partial charge in [0.2, 0.25) is 0 Å². The highest BCUT2D eigenvalue weighted by Gasteiger charge is 2.24. The Bertz CT molecular complexity index is 442. The van der Waals surface area contributed by atoms with Gasteiger partial charge in [-0.25, -0.2) is 4.39 Å². The number of aliphatic hydroxyl groups is 1. The fraction of sp³-hybridized carbons (Fsp3) is 0.538. The molecule has 0 bridgehead atoms. The summed E-state index contributed by atoms with van der Waals surface area (Å²) in [5, 5.41) is 13.0. The van der Waals surface area contributed by atoms with Gasteiger partial charge in [0, 0.05) is 17.7 Å². The number of halogens is 1. The van der Waals surface area contributed by atoms with Crippen molar-refractivity contribution in [1.29, 1.82) is 0 Å². The van der Waals surface area contributed by atoms with Crippen molar-refractivity contribution in [2.75, 3.05) is 26.8 Å². The molecule has 2 unspecified atom stereocenters. The number of fused-ring (bicyclic) bond motifs is 1. The van der Waals surface area contributed by atoms with E-state index in [-0.39, 0.29) is 5.56 Å². The monoisotopic (exact) mass is 270 g/mol. The van der Waals surface area contributed by atoms with Gasteiger partial charge in [0.05, 0.1) is 6.10 Å². The maximum atomic E-state index is 13.9. The highest BCUT2D eigenvalue weighted by atomic mass is 19.1. The molecule has 1 aromatic carbocycles. The summed E-state index contributed by atoms with van der Waals surface area (Å²) < 4.78 is 24.6. The van der Waals surface area contributed by atoms with E-state index in [1.807, 2.05) is 0 Å². The average molecular weight is 270 g/mol. The fourth-order valence-corrected chi connectivity index (χ4v) is 2.01. The first-order valence-corrected chi connectivity index (χ1v) is 6.30. The van der Waals surface area contributed by atoms with Crippen LogP contribution in [0.3, 0.4) is 0 Å². The molecule has 0 saturated carbocycles. The number of hydrogen-bond acceptors (Lipinski definition) is 5. The minimum Gasteiger partial charge on any atom is -0.486 e. The Kier molecular flexibility index (Phi) is 4.57. The van der Waals surface area contributed by atoms with Crippen molar-refractivity contribution in [1.82, 2.24) is 5.32 Å². The molecule has 0 amide bonds. The van der Waals surface area contributed by atoms with Gasteiger partial charge in [-0.05, 0) is 26.1 Å². The standard InChI is InChI=1S/C13H19FN2O3/c1-16-3-2-10(15)13(17)8-6-11-12(7-9(8)14)19-5-4-18-11/h6-7,10,13,16-17H,2-5,15H2,1H3. The smallest absolute Gasteiger partial charge is 0.164 e. The Balaban J connectivity index is 2.19. The third kappa shape index (κ3) is 3.15. The lowest BCUT2D eigenvalue weighted by Crippen LogP contribution is -2.32. The van der Waals surface area contributed by atoms with Gasteiger partial charge in [0.1, 0.15) is 19.0 Å². The SMILES string of the molecule is CNCCC(N)C(O)c1cc2c(cc1F)OCCO2. The van der Waals surface area contributed by atoms with E-state index < -0.39 is 18.0 Å². The van der Waals surface area contributed by atoms with Crippen molar-refractivity contribution < 1.29 is 19.0 Å². The van der Waals surface area contributed by atoms with Gasteiger partial charge in [0.25, 0.3) is 0 Å². The van der Waals surface area contributed by atoms with Gasteiger partial charge in [-0.15, -0.1) is 0 Å². The average Bonchev–Trinajstić information content (AvgIpc) is 2.43. The molecule has 2 rings (SSSR count). The van der Waals surface area contributed by atoms with E-state index in [1.165, 1.54) is 12.1 Å². The third-order valence-electron chi connectivity index (χ3n) is 3.11. The normalized spacial score (nSPS) is 17.1. The molecule has 5 nitrogen and oxygen atoms in total. The van der Waals surface area contributed by atoms with E-state index in [0.29, 0.717) is 37.7 Å². The van der Waals surface area contributed by atoms with Crippen LogP contribution in [-0.4, -0.2) is 38.0 Å². The van der Waals surface area contributed by atoms with E-state index in [1.54, 1.807) is 7.05 Å². The van der Waals surface area contributed by atoms with Gasteiger partial charge >= 0.3 is 0 Å². The van der Waals surface area contributed by atoms with Crippen LogP contribution in [0, 0.1) is 5.82 Å². The zero-order valence-corrected chi connectivity index (χ0v) is 10.9. The quantitative estimate of drug-likeness (QED) is 0.729. The van der Waals surface area contributed by atoms with Crippen LogP contribution >= 0.6 is 0 Å². The summed E-state index contributed by atoms with van der Waals surface area (Å²) in [5.41, 5.74) is 6.00. The van der Waals surface area contributed by atoms with E-state index in [4.69, 9.17) is 15.2 Å². The molecule has 1 aromatic rings. The molecule has 0 aromatic heterocycles. The van der Waals surface area contributed by atoms with Gasteiger partial charge in [-0.1, -0.05) is 0 Å². The Hall–Kier alpha value is -1.37. The highest BCUT2D eigenvalue weighted by molar-refractivity contribution is 5.45. The summed E-state index contributed by atoms with van der Waals surface area (Å²) in [5.74, 6) is 0.280. The number of hydrogen-bond donors (Lipinski definition) is 3. The summed E-state index contributed by atoms with van der Waals surface area (Å²) >= 11 is 0. The molecule has 0 aliphatic carbocycles. The van der Waals surface area contributed by atoms with Crippen LogP contribution < -0.4 is 20.5 Å². The highest BCUT2D eigenvalue weighted by Crippen LogP contribution is 2.35. The summed E-state index contributed by atoms with van der Waals surface area (Å²) in [6.07, 6.45) is -0.518. The summed E-state index contributed by atoms with van der Waals surface area (Å²) in [7, 11) is 1.80. The van der Waals surface area contributed by atoms with Crippen LogP contribution in [0.2, 0.25) is 0 Å². The molecule has 0 saturated heterocycles. The molecule has 6 heteroatoms. The second-order valence-corrected chi connectivity index (χ2v) is 4.52. The minimum absolute atomic E-state index is 0.146. The molecule has 106 valence electrons. The molecule has 2 atom stereocenters. The maximum Gasteiger partial charge on any atom is 0.164 e. The zero-order chi connectivity index (χ0) is 13.8.